The first-order chi connectivity index (χ1) is 14.6. The fourth-order valence-corrected chi connectivity index (χ4v) is 3.87. The molecule has 30 heavy (non-hydrogen) atoms. The first-order valence-corrected chi connectivity index (χ1v) is 10.6. The van der Waals surface area contributed by atoms with Crippen molar-refractivity contribution < 1.29 is 4.74 Å². The van der Waals surface area contributed by atoms with Gasteiger partial charge in [0.1, 0.15) is 5.75 Å². The van der Waals surface area contributed by atoms with E-state index in [1.54, 1.807) is 18.2 Å². The van der Waals surface area contributed by atoms with Crippen LogP contribution in [0, 0.1) is 0 Å². The van der Waals surface area contributed by atoms with Crippen molar-refractivity contribution in [1.29, 1.82) is 0 Å². The normalized spacial score (nSPS) is 11.1. The van der Waals surface area contributed by atoms with Gasteiger partial charge >= 0.3 is 0 Å². The Hall–Kier alpha value is -2.76. The molecule has 0 saturated heterocycles. The molecule has 2 heterocycles. The van der Waals surface area contributed by atoms with Gasteiger partial charge < -0.3 is 15.0 Å². The summed E-state index contributed by atoms with van der Waals surface area (Å²) >= 11 is 12.0. The molecule has 2 N–H and O–H groups in total. The third kappa shape index (κ3) is 4.86. The van der Waals surface area contributed by atoms with E-state index in [0.717, 1.165) is 42.5 Å². The summed E-state index contributed by atoms with van der Waals surface area (Å²) in [6.45, 7) is 1.31. The first kappa shape index (κ1) is 20.5. The Morgan fingerprint density at radius 3 is 2.70 bits per heavy atom. The first-order valence-electron chi connectivity index (χ1n) is 9.82. The van der Waals surface area contributed by atoms with Gasteiger partial charge in [0.2, 0.25) is 5.95 Å². The van der Waals surface area contributed by atoms with Crippen LogP contribution < -0.4 is 10.5 Å². The number of rotatable bonds is 8. The van der Waals surface area contributed by atoms with Crippen LogP contribution in [0.3, 0.4) is 0 Å². The highest BCUT2D eigenvalue weighted by Crippen LogP contribution is 2.27. The van der Waals surface area contributed by atoms with Crippen molar-refractivity contribution in [2.24, 2.45) is 0 Å². The third-order valence-corrected chi connectivity index (χ3v) is 5.45. The smallest absolute Gasteiger partial charge is 0.201 e. The van der Waals surface area contributed by atoms with Gasteiger partial charge in [0.25, 0.3) is 0 Å². The minimum Gasteiger partial charge on any atom is -0.492 e. The van der Waals surface area contributed by atoms with Crippen LogP contribution in [-0.2, 0) is 19.4 Å². The lowest BCUT2D eigenvalue weighted by Crippen LogP contribution is -2.06. The number of nitrogens with zero attached hydrogens (tertiary/aromatic N) is 3. The molecule has 0 unspecified atom stereocenters. The van der Waals surface area contributed by atoms with Crippen LogP contribution in [0.5, 0.6) is 5.75 Å². The SMILES string of the molecule is Nc1nc2cc(CCCOc3ccc(Cl)cc3Cl)ccc2n1CCc1ccccn1. The lowest BCUT2D eigenvalue weighted by Gasteiger charge is -2.09. The average molecular weight is 441 g/mol. The molecule has 7 heteroatoms. The molecule has 0 atom stereocenters. The topological polar surface area (TPSA) is 66.0 Å². The number of benzene rings is 2. The highest BCUT2D eigenvalue weighted by atomic mass is 35.5. The number of nitrogens with two attached hydrogens (primary N) is 1. The number of aromatic nitrogens is 3. The molecule has 0 bridgehead atoms. The van der Waals surface area contributed by atoms with Crippen LogP contribution in [0.2, 0.25) is 10.0 Å². The molecule has 0 aliphatic rings. The number of ether oxygens (including phenoxy) is 1. The summed E-state index contributed by atoms with van der Waals surface area (Å²) < 4.78 is 7.80. The maximum Gasteiger partial charge on any atom is 0.201 e. The zero-order valence-corrected chi connectivity index (χ0v) is 17.9. The summed E-state index contributed by atoms with van der Waals surface area (Å²) in [5.74, 6) is 1.18. The van der Waals surface area contributed by atoms with Crippen LogP contribution in [0.15, 0.2) is 60.8 Å². The second-order valence-corrected chi connectivity index (χ2v) is 7.89. The Morgan fingerprint density at radius 1 is 1.00 bits per heavy atom. The van der Waals surface area contributed by atoms with Crippen LogP contribution in [0.4, 0.5) is 5.95 Å². The molecular formula is C23H22Cl2N4O. The second-order valence-electron chi connectivity index (χ2n) is 7.04. The number of halogens is 2. The zero-order valence-electron chi connectivity index (χ0n) is 16.4. The number of nitrogen functional groups attached to an aromatic ring is 1. The number of anilines is 1. The predicted molar refractivity (Wildman–Crippen MR) is 122 cm³/mol. The fourth-order valence-electron chi connectivity index (χ4n) is 3.41. The average Bonchev–Trinajstić information content (AvgIpc) is 3.06. The van der Waals surface area contributed by atoms with Gasteiger partial charge in [-0.3, -0.25) is 4.98 Å². The molecule has 0 aliphatic heterocycles. The molecule has 0 spiro atoms. The minimum absolute atomic E-state index is 0.524. The molecule has 5 nitrogen and oxygen atoms in total. The molecule has 4 rings (SSSR count). The van der Waals surface area contributed by atoms with Gasteiger partial charge in [-0.05, 0) is 60.9 Å². The Labute approximate surface area is 185 Å². The van der Waals surface area contributed by atoms with E-state index in [-0.39, 0.29) is 0 Å². The van der Waals surface area contributed by atoms with Crippen LogP contribution in [0.1, 0.15) is 17.7 Å². The number of pyridine rings is 1. The number of fused-ring (bicyclic) bond motifs is 1. The molecule has 0 aliphatic carbocycles. The Morgan fingerprint density at radius 2 is 1.90 bits per heavy atom. The Bertz CT molecular complexity index is 1140. The lowest BCUT2D eigenvalue weighted by atomic mass is 10.1. The quantitative estimate of drug-likeness (QED) is 0.363. The summed E-state index contributed by atoms with van der Waals surface area (Å²) in [4.78, 5) is 8.91. The molecule has 0 saturated carbocycles. The van der Waals surface area contributed by atoms with E-state index in [2.05, 4.69) is 28.2 Å². The molecule has 0 amide bonds. The second kappa shape index (κ2) is 9.37. The van der Waals surface area contributed by atoms with Crippen molar-refractivity contribution in [3.8, 4) is 5.75 Å². The number of hydrogen-bond donors (Lipinski definition) is 1. The molecule has 154 valence electrons. The molecule has 2 aromatic heterocycles. The van der Waals surface area contributed by atoms with Gasteiger partial charge in [-0.25, -0.2) is 4.98 Å². The van der Waals surface area contributed by atoms with Gasteiger partial charge in [-0.1, -0.05) is 35.3 Å². The van der Waals surface area contributed by atoms with E-state index in [4.69, 9.17) is 33.7 Å². The number of aryl methyl sites for hydroxylation is 3. The van der Waals surface area contributed by atoms with Crippen LogP contribution >= 0.6 is 23.2 Å². The summed E-state index contributed by atoms with van der Waals surface area (Å²) in [6.07, 6.45) is 4.35. The minimum atomic E-state index is 0.524. The van der Waals surface area contributed by atoms with Gasteiger partial charge in [0.05, 0.1) is 22.7 Å². The maximum atomic E-state index is 6.17. The van der Waals surface area contributed by atoms with Crippen LogP contribution in [-0.4, -0.2) is 21.1 Å². The molecule has 0 fully saturated rings. The van der Waals surface area contributed by atoms with Crippen molar-refractivity contribution in [2.45, 2.75) is 25.8 Å². The standard InChI is InChI=1S/C23H22Cl2N4O/c24-17-7-9-22(19(25)15-17)30-13-3-4-16-6-8-21-20(14-16)28-23(26)29(21)12-10-18-5-1-2-11-27-18/h1-2,5-9,11,14-15H,3-4,10,12-13H2,(H2,26,28). The van der Waals surface area contributed by atoms with Crippen molar-refractivity contribution >= 4 is 40.2 Å². The van der Waals surface area contributed by atoms with Gasteiger partial charge in [-0.2, -0.15) is 0 Å². The van der Waals surface area contributed by atoms with E-state index >= 15 is 0 Å². The molecule has 2 aromatic carbocycles. The predicted octanol–water partition coefficient (Wildman–Crippen LogP) is 5.57. The summed E-state index contributed by atoms with van der Waals surface area (Å²) in [7, 11) is 0. The summed E-state index contributed by atoms with van der Waals surface area (Å²) in [6, 6.07) is 17.5. The molecule has 0 radical (unpaired) electrons. The van der Waals surface area contributed by atoms with Crippen molar-refractivity contribution in [1.82, 2.24) is 14.5 Å². The highest BCUT2D eigenvalue weighted by Gasteiger charge is 2.09. The number of imidazole rings is 1. The van der Waals surface area contributed by atoms with Gasteiger partial charge in [0.15, 0.2) is 0 Å². The zero-order chi connectivity index (χ0) is 20.9. The van der Waals surface area contributed by atoms with E-state index in [0.29, 0.717) is 28.3 Å². The van der Waals surface area contributed by atoms with Crippen molar-refractivity contribution in [3.05, 3.63) is 82.1 Å². The Balaban J connectivity index is 1.36. The van der Waals surface area contributed by atoms with Gasteiger partial charge in [0, 0.05) is 29.9 Å². The monoisotopic (exact) mass is 440 g/mol. The maximum absolute atomic E-state index is 6.17. The third-order valence-electron chi connectivity index (χ3n) is 4.92. The number of hydrogen-bond acceptors (Lipinski definition) is 4. The fraction of sp³-hybridized carbons (Fsp3) is 0.217. The van der Waals surface area contributed by atoms with E-state index in [9.17, 15) is 0 Å². The van der Waals surface area contributed by atoms with E-state index in [1.165, 1.54) is 5.56 Å². The molecule has 4 aromatic rings. The van der Waals surface area contributed by atoms with E-state index in [1.807, 2.05) is 29.0 Å². The van der Waals surface area contributed by atoms with Crippen molar-refractivity contribution in [2.75, 3.05) is 12.3 Å². The summed E-state index contributed by atoms with van der Waals surface area (Å²) in [5.41, 5.74) is 10.4. The summed E-state index contributed by atoms with van der Waals surface area (Å²) in [5, 5.41) is 1.12. The van der Waals surface area contributed by atoms with Crippen LogP contribution in [0.25, 0.3) is 11.0 Å². The van der Waals surface area contributed by atoms with Gasteiger partial charge in [-0.15, -0.1) is 0 Å². The highest BCUT2D eigenvalue weighted by molar-refractivity contribution is 6.35. The molecular weight excluding hydrogens is 419 g/mol. The van der Waals surface area contributed by atoms with E-state index < -0.39 is 0 Å². The lowest BCUT2D eigenvalue weighted by molar-refractivity contribution is 0.311. The largest absolute Gasteiger partial charge is 0.492 e. The Kier molecular flexibility index (Phi) is 6.41. The van der Waals surface area contributed by atoms with Crippen molar-refractivity contribution in [3.63, 3.8) is 0 Å².